The molecule has 0 unspecified atom stereocenters. The highest BCUT2D eigenvalue weighted by Gasteiger charge is 2.33. The molecule has 1 amide bonds. The van der Waals surface area contributed by atoms with Gasteiger partial charge in [0.05, 0.1) is 23.2 Å². The van der Waals surface area contributed by atoms with Crippen LogP contribution in [0.15, 0.2) is 47.3 Å². The molecule has 2 aromatic carbocycles. The molecule has 0 spiro atoms. The predicted molar refractivity (Wildman–Crippen MR) is 136 cm³/mol. The van der Waals surface area contributed by atoms with Crippen molar-refractivity contribution < 1.29 is 18.0 Å². The van der Waals surface area contributed by atoms with Gasteiger partial charge in [-0.2, -0.15) is 18.3 Å². The first-order valence-corrected chi connectivity index (χ1v) is 13.6. The number of aromatic nitrogens is 5. The molecule has 3 heterocycles. The van der Waals surface area contributed by atoms with Crippen LogP contribution in [0, 0.1) is 3.57 Å². The van der Waals surface area contributed by atoms with Gasteiger partial charge in [0.1, 0.15) is 12.2 Å². The van der Waals surface area contributed by atoms with E-state index in [0.717, 1.165) is 14.5 Å². The number of hydrogen-bond acceptors (Lipinski definition) is 5. The summed E-state index contributed by atoms with van der Waals surface area (Å²) in [4.78, 5) is 27.2. The van der Waals surface area contributed by atoms with E-state index in [0.29, 0.717) is 28.9 Å². The summed E-state index contributed by atoms with van der Waals surface area (Å²) in [6.45, 7) is 0.524. The van der Waals surface area contributed by atoms with Gasteiger partial charge in [-0.3, -0.25) is 9.59 Å². The Balaban J connectivity index is 1.42. The molecule has 0 aliphatic carbocycles. The summed E-state index contributed by atoms with van der Waals surface area (Å²) in [7, 11) is 0. The minimum Gasteiger partial charge on any atom is -0.329 e. The smallest absolute Gasteiger partial charge is 0.329 e. The molecule has 0 atom stereocenters. The lowest BCUT2D eigenvalue weighted by molar-refractivity contribution is -0.129. The van der Waals surface area contributed by atoms with Gasteiger partial charge in [0.25, 0.3) is 11.5 Å². The van der Waals surface area contributed by atoms with Gasteiger partial charge in [-0.15, -0.1) is 10.2 Å². The van der Waals surface area contributed by atoms with E-state index in [1.165, 1.54) is 4.57 Å². The number of fused-ring (bicyclic) bond motifs is 2. The number of aromatic amines is 1. The molecular weight excluding hydrogens is 588 g/mol. The Labute approximate surface area is 212 Å². The molecule has 12 heteroatoms. The van der Waals surface area contributed by atoms with E-state index in [1.54, 1.807) is 17.0 Å². The SMILES string of the molecule is C=Ic1ccc(Cc2n[nH]c(=O)c3ccccc23)cc1C(=O)N1CCn2c(nnc2CC(F)(F)F)C1. The van der Waals surface area contributed by atoms with Gasteiger partial charge in [-0.05, 0) is 23.8 Å². The lowest BCUT2D eigenvalue weighted by atomic mass is 10.0. The van der Waals surface area contributed by atoms with Gasteiger partial charge >= 0.3 is 6.18 Å². The van der Waals surface area contributed by atoms with Crippen LogP contribution in [-0.4, -0.2) is 53.0 Å². The van der Waals surface area contributed by atoms with Crippen LogP contribution >= 0.6 is 20.7 Å². The van der Waals surface area contributed by atoms with E-state index in [9.17, 15) is 22.8 Å². The Hall–Kier alpha value is -3.42. The summed E-state index contributed by atoms with van der Waals surface area (Å²) < 4.78 is 44.8. The van der Waals surface area contributed by atoms with Crippen molar-refractivity contribution in [1.82, 2.24) is 29.9 Å². The van der Waals surface area contributed by atoms with E-state index in [4.69, 9.17) is 0 Å². The molecule has 5 rings (SSSR count). The van der Waals surface area contributed by atoms with Crippen LogP contribution in [0.4, 0.5) is 13.2 Å². The third-order valence-electron chi connectivity index (χ3n) is 6.03. The zero-order valence-electron chi connectivity index (χ0n) is 18.8. The maximum absolute atomic E-state index is 13.5. The molecule has 1 N–H and O–H groups in total. The maximum Gasteiger partial charge on any atom is 0.396 e. The van der Waals surface area contributed by atoms with Crippen molar-refractivity contribution in [3.8, 4) is 0 Å². The predicted octanol–water partition coefficient (Wildman–Crippen LogP) is 3.44. The van der Waals surface area contributed by atoms with Crippen LogP contribution in [0.5, 0.6) is 0 Å². The number of nitrogens with one attached hydrogen (secondary N) is 1. The minimum atomic E-state index is -4.38. The van der Waals surface area contributed by atoms with Crippen LogP contribution in [-0.2, 0) is 25.9 Å². The average molecular weight is 608 g/mol. The second-order valence-electron chi connectivity index (χ2n) is 8.37. The fraction of sp³-hybridized carbons (Fsp3) is 0.250. The first kappa shape index (κ1) is 24.3. The first-order valence-electron chi connectivity index (χ1n) is 11.0. The molecule has 1 aliphatic heterocycles. The van der Waals surface area contributed by atoms with Gasteiger partial charge in [-0.25, -0.2) is 5.10 Å². The van der Waals surface area contributed by atoms with E-state index in [2.05, 4.69) is 24.9 Å². The van der Waals surface area contributed by atoms with Crippen molar-refractivity contribution in [2.75, 3.05) is 6.54 Å². The minimum absolute atomic E-state index is 0.0783. The lowest BCUT2D eigenvalue weighted by Crippen LogP contribution is -2.39. The number of amides is 1. The summed E-state index contributed by atoms with van der Waals surface area (Å²) in [5.74, 6) is -0.0302. The van der Waals surface area contributed by atoms with Crippen molar-refractivity contribution in [2.24, 2.45) is 0 Å². The van der Waals surface area contributed by atoms with Crippen molar-refractivity contribution in [3.63, 3.8) is 0 Å². The number of benzene rings is 2. The molecule has 0 bridgehead atoms. The molecule has 1 aliphatic rings. The van der Waals surface area contributed by atoms with Crippen LogP contribution in [0.1, 0.15) is 33.3 Å². The zero-order valence-corrected chi connectivity index (χ0v) is 21.0. The number of carbonyl (C=O) groups excluding carboxylic acids is 1. The molecule has 0 fully saturated rings. The molecule has 0 radical (unpaired) electrons. The second kappa shape index (κ2) is 9.56. The molecule has 8 nitrogen and oxygen atoms in total. The highest BCUT2D eigenvalue weighted by molar-refractivity contribution is 14.2. The topological polar surface area (TPSA) is 96.8 Å². The Morgan fingerprint density at radius 3 is 2.64 bits per heavy atom. The van der Waals surface area contributed by atoms with Crippen molar-refractivity contribution >= 4 is 41.9 Å². The van der Waals surface area contributed by atoms with Crippen molar-refractivity contribution in [3.05, 3.63) is 84.9 Å². The number of carbonyl (C=O) groups is 1. The molecular formula is C24H20F3IN6O2. The largest absolute Gasteiger partial charge is 0.396 e. The standard InChI is InChI=1S/C24H20F3IN6O2/c1-28-18-7-6-14(11-19-15-4-2-3-5-16(15)22(35)32-29-19)10-17(18)23(36)33-8-9-34-20(12-24(25,26)27)30-31-21(34)13-33/h2-7,10H,1,8-9,11-13H2,(H,32,35). The summed E-state index contributed by atoms with van der Waals surface area (Å²) >= 11 is -0.659. The summed E-state index contributed by atoms with van der Waals surface area (Å²) in [5.41, 5.74) is 1.78. The maximum atomic E-state index is 13.5. The number of halogens is 4. The molecule has 2 aromatic heterocycles. The molecule has 4 aromatic rings. The van der Waals surface area contributed by atoms with E-state index < -0.39 is 33.3 Å². The third kappa shape index (κ3) is 4.81. The fourth-order valence-electron chi connectivity index (χ4n) is 4.33. The molecule has 0 saturated heterocycles. The number of rotatable bonds is 5. The van der Waals surface area contributed by atoms with E-state index in [-0.39, 0.29) is 36.9 Å². The monoisotopic (exact) mass is 608 g/mol. The highest BCUT2D eigenvalue weighted by atomic mass is 127. The Bertz CT molecular complexity index is 1550. The van der Waals surface area contributed by atoms with Gasteiger partial charge in [0.15, 0.2) is 5.82 Å². The quantitative estimate of drug-likeness (QED) is 0.351. The first-order chi connectivity index (χ1) is 17.2. The lowest BCUT2D eigenvalue weighted by Gasteiger charge is -2.28. The Kier molecular flexibility index (Phi) is 6.45. The fourth-order valence-corrected chi connectivity index (χ4v) is 5.57. The van der Waals surface area contributed by atoms with Crippen LogP contribution in [0.25, 0.3) is 10.8 Å². The van der Waals surface area contributed by atoms with Crippen LogP contribution in [0.2, 0.25) is 0 Å². The van der Waals surface area contributed by atoms with Crippen LogP contribution < -0.4 is 5.56 Å². The van der Waals surface area contributed by atoms with Crippen molar-refractivity contribution in [2.45, 2.75) is 32.1 Å². The second-order valence-corrected chi connectivity index (χ2v) is 10.3. The number of H-pyrrole nitrogens is 1. The van der Waals surface area contributed by atoms with E-state index in [1.807, 2.05) is 30.3 Å². The van der Waals surface area contributed by atoms with Gasteiger partial charge in [0, 0.05) is 28.5 Å². The average Bonchev–Trinajstić information content (AvgIpc) is 3.25. The van der Waals surface area contributed by atoms with Crippen molar-refractivity contribution in [1.29, 1.82) is 0 Å². The summed E-state index contributed by atoms with van der Waals surface area (Å²) in [5, 5.41) is 15.6. The van der Waals surface area contributed by atoms with Gasteiger partial charge in [-0.1, -0.05) is 49.5 Å². The zero-order chi connectivity index (χ0) is 25.4. The Morgan fingerprint density at radius 2 is 1.89 bits per heavy atom. The summed E-state index contributed by atoms with van der Waals surface area (Å²) in [6.07, 6.45) is -5.13. The van der Waals surface area contributed by atoms with E-state index >= 15 is 0 Å². The highest BCUT2D eigenvalue weighted by Crippen LogP contribution is 2.26. The normalized spacial score (nSPS) is 13.7. The number of nitrogens with zero attached hydrogens (tertiary/aromatic N) is 5. The van der Waals surface area contributed by atoms with Gasteiger partial charge < -0.3 is 9.47 Å². The number of alkyl halides is 3. The molecule has 36 heavy (non-hydrogen) atoms. The summed E-state index contributed by atoms with van der Waals surface area (Å²) in [6, 6.07) is 12.8. The Morgan fingerprint density at radius 1 is 1.11 bits per heavy atom. The molecule has 186 valence electrons. The third-order valence-corrected chi connectivity index (χ3v) is 7.79. The van der Waals surface area contributed by atoms with Gasteiger partial charge in [0.2, 0.25) is 0 Å². The number of hydrogen-bond donors (Lipinski definition) is 1. The molecule has 0 saturated carbocycles. The van der Waals surface area contributed by atoms with Crippen LogP contribution in [0.3, 0.4) is 0 Å².